The van der Waals surface area contributed by atoms with Crippen LogP contribution in [0.5, 0.6) is 5.88 Å². The Kier molecular flexibility index (Phi) is 6.03. The Hall–Kier alpha value is -2.81. The van der Waals surface area contributed by atoms with Gasteiger partial charge in [-0.15, -0.1) is 0 Å². The van der Waals surface area contributed by atoms with Crippen molar-refractivity contribution in [2.75, 3.05) is 25.5 Å². The molecule has 33 heavy (non-hydrogen) atoms. The third-order valence-corrected chi connectivity index (χ3v) is 6.84. The zero-order valence-corrected chi connectivity index (χ0v) is 18.9. The van der Waals surface area contributed by atoms with Gasteiger partial charge in [0.25, 0.3) is 0 Å². The maximum atomic E-state index is 14.0. The van der Waals surface area contributed by atoms with Gasteiger partial charge in [-0.1, -0.05) is 18.2 Å². The molecule has 0 bridgehead atoms. The molecule has 178 valence electrons. The third-order valence-electron chi connectivity index (χ3n) is 6.84. The first-order chi connectivity index (χ1) is 15.5. The van der Waals surface area contributed by atoms with Crippen LogP contribution in [0.3, 0.4) is 0 Å². The van der Waals surface area contributed by atoms with Crippen LogP contribution in [0.2, 0.25) is 0 Å². The fourth-order valence-corrected chi connectivity index (χ4v) is 4.91. The molecule has 1 aromatic heterocycles. The molecule has 9 heteroatoms. The summed E-state index contributed by atoms with van der Waals surface area (Å²) < 4.78 is 47.4. The van der Waals surface area contributed by atoms with Gasteiger partial charge >= 0.3 is 12.1 Å². The predicted octanol–water partition coefficient (Wildman–Crippen LogP) is 4.81. The fraction of sp³-hybridized carbons (Fsp3) is 0.500. The summed E-state index contributed by atoms with van der Waals surface area (Å²) in [6, 6.07) is 6.68. The molecule has 4 rings (SSSR count). The molecular weight excluding hydrogens is 435 g/mol. The van der Waals surface area contributed by atoms with Crippen LogP contribution in [0.15, 0.2) is 24.3 Å². The maximum absolute atomic E-state index is 14.0. The van der Waals surface area contributed by atoms with E-state index in [0.717, 1.165) is 23.6 Å². The second-order valence-corrected chi connectivity index (χ2v) is 9.26. The highest BCUT2D eigenvalue weighted by molar-refractivity contribution is 5.74. The minimum Gasteiger partial charge on any atom is -0.481 e. The van der Waals surface area contributed by atoms with Crippen molar-refractivity contribution in [1.82, 2.24) is 9.88 Å². The van der Waals surface area contributed by atoms with E-state index in [1.165, 1.54) is 12.7 Å². The molecule has 2 aromatic rings. The molecule has 1 aliphatic heterocycles. The Morgan fingerprint density at radius 1 is 1.39 bits per heavy atom. The molecule has 2 aliphatic rings. The molecule has 1 fully saturated rings. The first-order valence-electron chi connectivity index (χ1n) is 11.0. The lowest BCUT2D eigenvalue weighted by Crippen LogP contribution is -2.31. The Morgan fingerprint density at radius 3 is 2.79 bits per heavy atom. The number of halogens is 3. The summed E-state index contributed by atoms with van der Waals surface area (Å²) in [6.07, 6.45) is -2.69. The van der Waals surface area contributed by atoms with Gasteiger partial charge in [-0.3, -0.25) is 9.69 Å². The summed E-state index contributed by atoms with van der Waals surface area (Å²) in [4.78, 5) is 17.6. The van der Waals surface area contributed by atoms with Gasteiger partial charge in [0.2, 0.25) is 5.88 Å². The van der Waals surface area contributed by atoms with E-state index >= 15 is 0 Å². The zero-order valence-electron chi connectivity index (χ0n) is 18.9. The number of rotatable bonds is 6. The number of carboxylic acids is 1. The van der Waals surface area contributed by atoms with E-state index in [-0.39, 0.29) is 36.4 Å². The fourth-order valence-electron chi connectivity index (χ4n) is 4.91. The molecular formula is C24H28F3N3O3. The zero-order chi connectivity index (χ0) is 24.0. The largest absolute Gasteiger partial charge is 0.481 e. The number of hydrogen-bond donors (Lipinski definition) is 2. The van der Waals surface area contributed by atoms with Gasteiger partial charge in [-0.05, 0) is 62.4 Å². The van der Waals surface area contributed by atoms with Crippen LogP contribution in [0.4, 0.5) is 19.0 Å². The molecule has 0 radical (unpaired) electrons. The average molecular weight is 464 g/mol. The second-order valence-electron chi connectivity index (χ2n) is 9.26. The van der Waals surface area contributed by atoms with E-state index in [9.17, 15) is 23.1 Å². The Morgan fingerprint density at radius 2 is 2.15 bits per heavy atom. The lowest BCUT2D eigenvalue weighted by molar-refractivity contribution is -0.147. The molecule has 1 aromatic carbocycles. The van der Waals surface area contributed by atoms with Crippen LogP contribution in [-0.4, -0.2) is 41.2 Å². The maximum Gasteiger partial charge on any atom is 0.419 e. The van der Waals surface area contributed by atoms with Crippen LogP contribution in [-0.2, 0) is 23.9 Å². The monoisotopic (exact) mass is 463 g/mol. The van der Waals surface area contributed by atoms with E-state index < -0.39 is 23.1 Å². The van der Waals surface area contributed by atoms with E-state index in [1.54, 1.807) is 6.92 Å². The lowest BCUT2D eigenvalue weighted by atomic mass is 9.90. The summed E-state index contributed by atoms with van der Waals surface area (Å²) in [5.41, 5.74) is 1.82. The highest BCUT2D eigenvalue weighted by atomic mass is 19.4. The molecule has 6 nitrogen and oxygen atoms in total. The van der Waals surface area contributed by atoms with Crippen molar-refractivity contribution in [2.45, 2.75) is 51.9 Å². The number of aliphatic carboxylic acids is 1. The number of nitrogens with one attached hydrogen (secondary N) is 1. The molecule has 0 amide bonds. The van der Waals surface area contributed by atoms with Crippen LogP contribution in [0.25, 0.3) is 0 Å². The molecule has 2 atom stereocenters. The average Bonchev–Trinajstić information content (AvgIpc) is 3.33. The molecule has 1 saturated heterocycles. The number of anilines is 1. The van der Waals surface area contributed by atoms with Gasteiger partial charge in [0.05, 0.1) is 24.1 Å². The number of alkyl halides is 3. The number of hydrogen-bond acceptors (Lipinski definition) is 5. The van der Waals surface area contributed by atoms with Gasteiger partial charge < -0.3 is 15.2 Å². The number of pyridine rings is 1. The summed E-state index contributed by atoms with van der Waals surface area (Å²) in [5.74, 6) is -1.05. The van der Waals surface area contributed by atoms with E-state index in [0.29, 0.717) is 19.4 Å². The third kappa shape index (κ3) is 4.51. The number of ether oxygens (including phenoxy) is 1. The van der Waals surface area contributed by atoms with Gasteiger partial charge in [0.15, 0.2) is 0 Å². The van der Waals surface area contributed by atoms with E-state index in [4.69, 9.17) is 4.74 Å². The molecule has 1 aliphatic carbocycles. The number of likely N-dealkylation sites (tertiary alicyclic amines) is 1. The minimum atomic E-state index is -4.61. The van der Waals surface area contributed by atoms with Gasteiger partial charge in [-0.25, -0.2) is 0 Å². The van der Waals surface area contributed by atoms with Crippen LogP contribution >= 0.6 is 0 Å². The van der Waals surface area contributed by atoms with Crippen LogP contribution in [0, 0.1) is 12.3 Å². The number of carboxylic acid groups (broad SMARTS) is 1. The number of aromatic nitrogens is 1. The number of methoxy groups -OCH3 is 1. The van der Waals surface area contributed by atoms with E-state index in [1.807, 2.05) is 30.0 Å². The molecule has 0 saturated carbocycles. The summed E-state index contributed by atoms with van der Waals surface area (Å²) in [6.45, 7) is 4.52. The standard InChI is InChI=1S/C24H28F3N3O3/c1-14-5-4-6-17-16(14)7-8-19(17)28-20-18(24(25,26)27)11-15(21(29-20)33-3)12-30-10-9-23(2,13-30)22(31)32/h4-6,11,19H,7-10,12-13H2,1-3H3,(H,28,29)(H,31,32)/t19-,23+/m0/s1. The molecule has 2 N–H and O–H groups in total. The predicted molar refractivity (Wildman–Crippen MR) is 117 cm³/mol. The number of fused-ring (bicyclic) bond motifs is 1. The van der Waals surface area contributed by atoms with Crippen molar-refractivity contribution >= 4 is 11.8 Å². The van der Waals surface area contributed by atoms with Crippen LogP contribution in [0.1, 0.15) is 53.6 Å². The van der Waals surface area contributed by atoms with Crippen molar-refractivity contribution in [3.63, 3.8) is 0 Å². The van der Waals surface area contributed by atoms with Crippen molar-refractivity contribution in [2.24, 2.45) is 5.41 Å². The topological polar surface area (TPSA) is 74.7 Å². The number of nitrogens with zero attached hydrogens (tertiary/aromatic N) is 2. The van der Waals surface area contributed by atoms with Crippen molar-refractivity contribution in [3.8, 4) is 5.88 Å². The first kappa shape index (κ1) is 23.4. The second kappa shape index (κ2) is 8.52. The lowest BCUT2D eigenvalue weighted by Gasteiger charge is -2.23. The van der Waals surface area contributed by atoms with Gasteiger partial charge in [0, 0.05) is 18.7 Å². The number of benzene rings is 1. The first-order valence-corrected chi connectivity index (χ1v) is 11.0. The SMILES string of the molecule is COc1nc(N[C@H]2CCc3c(C)cccc32)c(C(F)(F)F)cc1CN1CC[C@@](C)(C(=O)O)C1. The van der Waals surface area contributed by atoms with Crippen molar-refractivity contribution in [1.29, 1.82) is 0 Å². The van der Waals surface area contributed by atoms with Crippen LogP contribution < -0.4 is 10.1 Å². The Bertz CT molecular complexity index is 1070. The molecule has 2 heterocycles. The summed E-state index contributed by atoms with van der Waals surface area (Å²) >= 11 is 0. The number of carbonyl (C=O) groups is 1. The Labute approximate surface area is 190 Å². The van der Waals surface area contributed by atoms with Crippen molar-refractivity contribution in [3.05, 3.63) is 52.1 Å². The summed E-state index contributed by atoms with van der Waals surface area (Å²) in [7, 11) is 1.38. The Balaban J connectivity index is 1.64. The highest BCUT2D eigenvalue weighted by Gasteiger charge is 2.41. The van der Waals surface area contributed by atoms with E-state index in [2.05, 4.69) is 10.3 Å². The highest BCUT2D eigenvalue weighted by Crippen LogP contribution is 2.41. The van der Waals surface area contributed by atoms with Gasteiger partial charge in [0.1, 0.15) is 5.82 Å². The summed E-state index contributed by atoms with van der Waals surface area (Å²) in [5, 5.41) is 12.5. The van der Waals surface area contributed by atoms with Crippen molar-refractivity contribution < 1.29 is 27.8 Å². The van der Waals surface area contributed by atoms with Gasteiger partial charge in [-0.2, -0.15) is 18.2 Å². The minimum absolute atomic E-state index is 0.108. The molecule has 0 unspecified atom stereocenters. The molecule has 0 spiro atoms. The smallest absolute Gasteiger partial charge is 0.419 e. The number of aryl methyl sites for hydroxylation is 1. The quantitative estimate of drug-likeness (QED) is 0.640. The normalized spacial score (nSPS) is 22.9.